The minimum Gasteiger partial charge on any atom is -0.367 e. The Morgan fingerprint density at radius 1 is 1.42 bits per heavy atom. The molecular formula is C13H16BrN5. The number of hydrogen-bond donors (Lipinski definition) is 1. The molecule has 2 heterocycles. The van der Waals surface area contributed by atoms with Gasteiger partial charge >= 0.3 is 0 Å². The number of pyridine rings is 1. The molecule has 0 radical (unpaired) electrons. The zero-order valence-corrected chi connectivity index (χ0v) is 12.6. The van der Waals surface area contributed by atoms with Crippen molar-refractivity contribution in [1.82, 2.24) is 20.0 Å². The van der Waals surface area contributed by atoms with Gasteiger partial charge < -0.3 is 5.32 Å². The Hall–Kier alpha value is -1.43. The lowest BCUT2D eigenvalue weighted by atomic mass is 10.2. The summed E-state index contributed by atoms with van der Waals surface area (Å²) >= 11 is 3.56. The number of hydrogen-bond acceptors (Lipinski definition) is 4. The van der Waals surface area contributed by atoms with Crippen molar-refractivity contribution in [3.05, 3.63) is 34.2 Å². The summed E-state index contributed by atoms with van der Waals surface area (Å²) in [6.07, 6.45) is 5.92. The van der Waals surface area contributed by atoms with Crippen LogP contribution in [0.2, 0.25) is 0 Å². The van der Waals surface area contributed by atoms with Gasteiger partial charge in [-0.2, -0.15) is 0 Å². The molecule has 1 aliphatic carbocycles. The summed E-state index contributed by atoms with van der Waals surface area (Å²) in [6, 6.07) is 2.10. The maximum Gasteiger partial charge on any atom is 0.140 e. The van der Waals surface area contributed by atoms with E-state index in [1.807, 2.05) is 17.8 Å². The largest absolute Gasteiger partial charge is 0.367 e. The predicted molar refractivity (Wildman–Crippen MR) is 77.1 cm³/mol. The van der Waals surface area contributed by atoms with Crippen LogP contribution in [0.15, 0.2) is 22.9 Å². The second-order valence-electron chi connectivity index (χ2n) is 5.15. The molecule has 0 saturated heterocycles. The summed E-state index contributed by atoms with van der Waals surface area (Å²) in [4.78, 5) is 4.58. The molecule has 2 aromatic rings. The molecule has 0 amide bonds. The summed E-state index contributed by atoms with van der Waals surface area (Å²) in [5, 5.41) is 11.4. The molecule has 1 fully saturated rings. The molecule has 1 saturated carbocycles. The van der Waals surface area contributed by atoms with Crippen LogP contribution in [0.3, 0.4) is 0 Å². The van der Waals surface area contributed by atoms with Crippen LogP contribution in [-0.4, -0.2) is 26.5 Å². The average Bonchev–Trinajstić information content (AvgIpc) is 2.96. The van der Waals surface area contributed by atoms with Gasteiger partial charge in [0.15, 0.2) is 0 Å². The first-order valence-corrected chi connectivity index (χ1v) is 7.14. The lowest BCUT2D eigenvalue weighted by Gasteiger charge is -2.17. The summed E-state index contributed by atoms with van der Waals surface area (Å²) in [6.45, 7) is 4.91. The fourth-order valence-corrected chi connectivity index (χ4v) is 2.71. The maximum atomic E-state index is 4.58. The Morgan fingerprint density at radius 2 is 2.21 bits per heavy atom. The van der Waals surface area contributed by atoms with Gasteiger partial charge in [0.2, 0.25) is 0 Å². The lowest BCUT2D eigenvalue weighted by molar-refractivity contribution is 0.439. The quantitative estimate of drug-likeness (QED) is 0.940. The number of aromatic nitrogens is 4. The van der Waals surface area contributed by atoms with E-state index in [2.05, 4.69) is 49.5 Å². The Bertz CT molecular complexity index is 589. The SMILES string of the molecule is Cc1cc(Br)c(NCC2(n3ccnn3)CC2)nc1C. The van der Waals surface area contributed by atoms with Crippen molar-refractivity contribution in [1.29, 1.82) is 0 Å². The number of nitrogens with zero attached hydrogens (tertiary/aromatic N) is 4. The van der Waals surface area contributed by atoms with Gasteiger partial charge in [-0.1, -0.05) is 5.21 Å². The molecular weight excluding hydrogens is 306 g/mol. The van der Waals surface area contributed by atoms with Gasteiger partial charge in [0.05, 0.1) is 16.2 Å². The van der Waals surface area contributed by atoms with Gasteiger partial charge in [0, 0.05) is 18.4 Å². The second-order valence-corrected chi connectivity index (χ2v) is 6.00. The third-order valence-electron chi connectivity index (χ3n) is 3.74. The summed E-state index contributed by atoms with van der Waals surface area (Å²) in [5.41, 5.74) is 2.32. The highest BCUT2D eigenvalue weighted by molar-refractivity contribution is 9.10. The van der Waals surface area contributed by atoms with Crippen molar-refractivity contribution in [3.63, 3.8) is 0 Å². The van der Waals surface area contributed by atoms with Crippen LogP contribution in [0, 0.1) is 13.8 Å². The Morgan fingerprint density at radius 3 is 2.84 bits per heavy atom. The minimum atomic E-state index is 0.0798. The molecule has 6 heteroatoms. The van der Waals surface area contributed by atoms with Crippen molar-refractivity contribution in [3.8, 4) is 0 Å². The van der Waals surface area contributed by atoms with Crippen molar-refractivity contribution in [2.45, 2.75) is 32.2 Å². The van der Waals surface area contributed by atoms with Crippen molar-refractivity contribution in [2.24, 2.45) is 0 Å². The van der Waals surface area contributed by atoms with Gasteiger partial charge in [-0.3, -0.25) is 0 Å². The molecule has 100 valence electrons. The number of aryl methyl sites for hydroxylation is 2. The smallest absolute Gasteiger partial charge is 0.140 e. The molecule has 1 N–H and O–H groups in total. The first-order chi connectivity index (χ1) is 9.11. The third kappa shape index (κ3) is 2.36. The van der Waals surface area contributed by atoms with E-state index in [1.54, 1.807) is 6.20 Å². The minimum absolute atomic E-state index is 0.0798. The van der Waals surface area contributed by atoms with Gasteiger partial charge in [-0.05, 0) is 54.2 Å². The first-order valence-electron chi connectivity index (χ1n) is 6.35. The van der Waals surface area contributed by atoms with E-state index in [9.17, 15) is 0 Å². The Balaban J connectivity index is 1.75. The molecule has 19 heavy (non-hydrogen) atoms. The summed E-state index contributed by atoms with van der Waals surface area (Å²) in [5.74, 6) is 0.898. The molecule has 0 unspecified atom stereocenters. The van der Waals surface area contributed by atoms with E-state index in [-0.39, 0.29) is 5.54 Å². The average molecular weight is 322 g/mol. The topological polar surface area (TPSA) is 55.6 Å². The van der Waals surface area contributed by atoms with Crippen LogP contribution in [0.1, 0.15) is 24.1 Å². The molecule has 0 atom stereocenters. The highest BCUT2D eigenvalue weighted by Crippen LogP contribution is 2.42. The van der Waals surface area contributed by atoms with Crippen LogP contribution in [0.25, 0.3) is 0 Å². The zero-order valence-electron chi connectivity index (χ0n) is 11.0. The van der Waals surface area contributed by atoms with E-state index in [0.717, 1.165) is 35.4 Å². The van der Waals surface area contributed by atoms with Crippen LogP contribution < -0.4 is 5.32 Å². The normalized spacial score (nSPS) is 16.4. The monoisotopic (exact) mass is 321 g/mol. The van der Waals surface area contributed by atoms with Gasteiger partial charge in [0.25, 0.3) is 0 Å². The standard InChI is InChI=1S/C13H16BrN5/c1-9-7-11(14)12(17-10(9)2)15-8-13(3-4-13)19-6-5-16-18-19/h5-7H,3-4,8H2,1-2H3,(H,15,17). The van der Waals surface area contributed by atoms with E-state index < -0.39 is 0 Å². The highest BCUT2D eigenvalue weighted by Gasteiger charge is 2.45. The molecule has 0 aromatic carbocycles. The molecule has 0 aliphatic heterocycles. The van der Waals surface area contributed by atoms with Crippen molar-refractivity contribution < 1.29 is 0 Å². The number of nitrogens with one attached hydrogen (secondary N) is 1. The van der Waals surface area contributed by atoms with Crippen LogP contribution in [0.4, 0.5) is 5.82 Å². The zero-order chi connectivity index (χ0) is 13.5. The third-order valence-corrected chi connectivity index (χ3v) is 4.34. The van der Waals surface area contributed by atoms with Crippen LogP contribution >= 0.6 is 15.9 Å². The number of rotatable bonds is 4. The van der Waals surface area contributed by atoms with Gasteiger partial charge in [-0.25, -0.2) is 9.67 Å². The van der Waals surface area contributed by atoms with Crippen molar-refractivity contribution >= 4 is 21.7 Å². The van der Waals surface area contributed by atoms with Gasteiger partial charge in [0.1, 0.15) is 5.82 Å². The fraction of sp³-hybridized carbons (Fsp3) is 0.462. The molecule has 2 aromatic heterocycles. The van der Waals surface area contributed by atoms with E-state index in [0.29, 0.717) is 0 Å². The molecule has 3 rings (SSSR count). The summed E-state index contributed by atoms with van der Waals surface area (Å²) in [7, 11) is 0. The second kappa shape index (κ2) is 4.59. The number of halogens is 1. The molecule has 5 nitrogen and oxygen atoms in total. The summed E-state index contributed by atoms with van der Waals surface area (Å²) < 4.78 is 2.96. The van der Waals surface area contributed by atoms with E-state index in [4.69, 9.17) is 0 Å². The Kier molecular flexibility index (Phi) is 3.05. The van der Waals surface area contributed by atoms with Crippen LogP contribution in [0.5, 0.6) is 0 Å². The lowest BCUT2D eigenvalue weighted by Crippen LogP contribution is -2.27. The molecule has 1 aliphatic rings. The Labute approximate surface area is 120 Å². The molecule has 0 bridgehead atoms. The van der Waals surface area contributed by atoms with E-state index in [1.165, 1.54) is 5.56 Å². The van der Waals surface area contributed by atoms with Crippen LogP contribution in [-0.2, 0) is 5.54 Å². The number of anilines is 1. The van der Waals surface area contributed by atoms with Gasteiger partial charge in [-0.15, -0.1) is 5.10 Å². The van der Waals surface area contributed by atoms with E-state index >= 15 is 0 Å². The van der Waals surface area contributed by atoms with Crippen molar-refractivity contribution in [2.75, 3.05) is 11.9 Å². The molecule has 0 spiro atoms. The fourth-order valence-electron chi connectivity index (χ4n) is 2.14. The maximum absolute atomic E-state index is 4.58. The highest BCUT2D eigenvalue weighted by atomic mass is 79.9. The first kappa shape index (κ1) is 12.6. The predicted octanol–water partition coefficient (Wildman–Crippen LogP) is 2.65.